The van der Waals surface area contributed by atoms with Crippen LogP contribution >= 0.6 is 0 Å². The first-order valence-corrected chi connectivity index (χ1v) is 7.88. The summed E-state index contributed by atoms with van der Waals surface area (Å²) in [5.41, 5.74) is 0.743. The fourth-order valence-corrected chi connectivity index (χ4v) is 2.98. The second-order valence-electron chi connectivity index (χ2n) is 5.95. The molecule has 1 unspecified atom stereocenters. The molecule has 23 heavy (non-hydrogen) atoms. The number of carbonyl (C=O) groups excluding carboxylic acids is 2. The lowest BCUT2D eigenvalue weighted by Crippen LogP contribution is -2.44. The highest BCUT2D eigenvalue weighted by Crippen LogP contribution is 2.30. The maximum atomic E-state index is 11.8. The van der Waals surface area contributed by atoms with Crippen molar-refractivity contribution in [3.05, 3.63) is 42.5 Å². The van der Waals surface area contributed by atoms with Gasteiger partial charge in [-0.15, -0.1) is 6.58 Å². The number of ether oxygens (including phenoxy) is 1. The average Bonchev–Trinajstić information content (AvgIpc) is 2.92. The van der Waals surface area contributed by atoms with E-state index in [2.05, 4.69) is 17.2 Å². The van der Waals surface area contributed by atoms with Crippen LogP contribution in [0.25, 0.3) is 0 Å². The highest BCUT2D eigenvalue weighted by Gasteiger charge is 2.37. The molecule has 0 aliphatic carbocycles. The third-order valence-corrected chi connectivity index (χ3v) is 4.19. The van der Waals surface area contributed by atoms with Crippen LogP contribution < -0.4 is 15.4 Å². The molecule has 0 aromatic heterocycles. The lowest BCUT2D eigenvalue weighted by atomic mass is 9.85. The molecule has 1 atom stereocenters. The van der Waals surface area contributed by atoms with Gasteiger partial charge in [-0.1, -0.05) is 18.2 Å². The van der Waals surface area contributed by atoms with Gasteiger partial charge in [-0.3, -0.25) is 9.59 Å². The Hall–Kier alpha value is -2.30. The summed E-state index contributed by atoms with van der Waals surface area (Å²) in [7, 11) is 1.64. The van der Waals surface area contributed by atoms with Crippen LogP contribution in [-0.4, -0.2) is 31.0 Å². The van der Waals surface area contributed by atoms with Crippen LogP contribution in [0.3, 0.4) is 0 Å². The normalized spacial score (nSPS) is 20.0. The smallest absolute Gasteiger partial charge is 0.220 e. The van der Waals surface area contributed by atoms with Gasteiger partial charge in [-0.25, -0.2) is 0 Å². The van der Waals surface area contributed by atoms with Crippen molar-refractivity contribution in [2.75, 3.05) is 13.7 Å². The largest absolute Gasteiger partial charge is 0.497 e. The van der Waals surface area contributed by atoms with Crippen molar-refractivity contribution >= 4 is 11.8 Å². The Morgan fingerprint density at radius 2 is 2.35 bits per heavy atom. The van der Waals surface area contributed by atoms with Crippen molar-refractivity contribution in [2.45, 2.75) is 37.6 Å². The maximum absolute atomic E-state index is 11.8. The molecule has 2 N–H and O–H groups in total. The molecule has 0 bridgehead atoms. The molecule has 5 heteroatoms. The fraction of sp³-hybridized carbons (Fsp3) is 0.444. The van der Waals surface area contributed by atoms with Gasteiger partial charge in [0.25, 0.3) is 0 Å². The predicted molar refractivity (Wildman–Crippen MR) is 89.2 cm³/mol. The van der Waals surface area contributed by atoms with Crippen LogP contribution in [0.2, 0.25) is 0 Å². The quantitative estimate of drug-likeness (QED) is 0.721. The van der Waals surface area contributed by atoms with Crippen molar-refractivity contribution < 1.29 is 14.3 Å². The van der Waals surface area contributed by atoms with Gasteiger partial charge in [0.2, 0.25) is 11.8 Å². The number of amides is 2. The molecule has 2 rings (SSSR count). The van der Waals surface area contributed by atoms with E-state index >= 15 is 0 Å². The zero-order valence-corrected chi connectivity index (χ0v) is 13.6. The molecule has 0 spiro atoms. The first-order chi connectivity index (χ1) is 11.1. The summed E-state index contributed by atoms with van der Waals surface area (Å²) < 4.78 is 5.26. The Morgan fingerprint density at radius 1 is 1.52 bits per heavy atom. The Morgan fingerprint density at radius 3 is 3.00 bits per heavy atom. The Labute approximate surface area is 137 Å². The number of methoxy groups -OCH3 is 1. The number of nitrogens with one attached hydrogen (secondary N) is 2. The molecule has 1 aromatic rings. The van der Waals surface area contributed by atoms with E-state index in [0.717, 1.165) is 17.7 Å². The predicted octanol–water partition coefficient (Wildman–Crippen LogP) is 1.97. The van der Waals surface area contributed by atoms with Gasteiger partial charge in [-0.05, 0) is 37.0 Å². The molecule has 1 fully saturated rings. The first-order valence-electron chi connectivity index (χ1n) is 7.88. The summed E-state index contributed by atoms with van der Waals surface area (Å²) in [5.74, 6) is 0.834. The molecule has 1 aliphatic heterocycles. The van der Waals surface area contributed by atoms with Crippen LogP contribution in [-0.2, 0) is 16.0 Å². The topological polar surface area (TPSA) is 67.4 Å². The van der Waals surface area contributed by atoms with Crippen LogP contribution in [0.1, 0.15) is 31.2 Å². The third kappa shape index (κ3) is 4.84. The molecular formula is C18H24N2O3. The highest BCUT2D eigenvalue weighted by molar-refractivity contribution is 5.80. The summed E-state index contributed by atoms with van der Waals surface area (Å²) in [6.07, 6.45) is 4.62. The summed E-state index contributed by atoms with van der Waals surface area (Å²) in [5, 5.41) is 5.86. The van der Waals surface area contributed by atoms with Gasteiger partial charge >= 0.3 is 0 Å². The summed E-state index contributed by atoms with van der Waals surface area (Å²) in [6.45, 7) is 4.05. The zero-order valence-electron chi connectivity index (χ0n) is 13.6. The van der Waals surface area contributed by atoms with E-state index in [-0.39, 0.29) is 17.4 Å². The molecule has 1 aliphatic rings. The summed E-state index contributed by atoms with van der Waals surface area (Å²) in [6, 6.07) is 7.83. The lowest BCUT2D eigenvalue weighted by Gasteiger charge is -2.29. The van der Waals surface area contributed by atoms with Crippen molar-refractivity contribution in [3.8, 4) is 5.75 Å². The van der Waals surface area contributed by atoms with Gasteiger partial charge in [0.1, 0.15) is 5.75 Å². The van der Waals surface area contributed by atoms with E-state index in [9.17, 15) is 9.59 Å². The lowest BCUT2D eigenvalue weighted by molar-refractivity contribution is -0.122. The Kier molecular flexibility index (Phi) is 5.79. The molecule has 0 saturated carbocycles. The Balaban J connectivity index is 2.05. The standard InChI is InChI=1S/C18H24N2O3/c1-3-11-19-16(21)7-9-18(10-8-17(22)20-18)13-14-5-4-6-15(12-14)23-2/h3-6,12H,1,7-11,13H2,2H3,(H,19,21)(H,20,22). The second kappa shape index (κ2) is 7.81. The van der Waals surface area contributed by atoms with Crippen LogP contribution in [0.4, 0.5) is 0 Å². The zero-order chi connectivity index (χ0) is 16.7. The molecular weight excluding hydrogens is 292 g/mol. The molecule has 124 valence electrons. The molecule has 1 heterocycles. The van der Waals surface area contributed by atoms with Crippen molar-refractivity contribution in [3.63, 3.8) is 0 Å². The number of hydrogen-bond acceptors (Lipinski definition) is 3. The van der Waals surface area contributed by atoms with E-state index in [1.54, 1.807) is 13.2 Å². The van der Waals surface area contributed by atoms with E-state index in [1.165, 1.54) is 0 Å². The Bertz CT molecular complexity index is 585. The monoisotopic (exact) mass is 316 g/mol. The maximum Gasteiger partial charge on any atom is 0.220 e. The molecule has 1 saturated heterocycles. The van der Waals surface area contributed by atoms with Gasteiger partial charge < -0.3 is 15.4 Å². The van der Waals surface area contributed by atoms with E-state index in [4.69, 9.17) is 4.74 Å². The second-order valence-corrected chi connectivity index (χ2v) is 5.95. The van der Waals surface area contributed by atoms with Gasteiger partial charge in [0, 0.05) is 24.9 Å². The van der Waals surface area contributed by atoms with Crippen LogP contribution in [0, 0.1) is 0 Å². The van der Waals surface area contributed by atoms with Crippen LogP contribution in [0.5, 0.6) is 5.75 Å². The van der Waals surface area contributed by atoms with E-state index in [0.29, 0.717) is 32.2 Å². The first kappa shape index (κ1) is 17.1. The molecule has 1 aromatic carbocycles. The molecule has 0 radical (unpaired) electrons. The number of benzene rings is 1. The van der Waals surface area contributed by atoms with Crippen molar-refractivity contribution in [1.29, 1.82) is 0 Å². The van der Waals surface area contributed by atoms with Gasteiger partial charge in [-0.2, -0.15) is 0 Å². The summed E-state index contributed by atoms with van der Waals surface area (Å²) in [4.78, 5) is 23.6. The third-order valence-electron chi connectivity index (χ3n) is 4.19. The minimum absolute atomic E-state index is 0.0175. The molecule has 2 amide bonds. The highest BCUT2D eigenvalue weighted by atomic mass is 16.5. The van der Waals surface area contributed by atoms with E-state index in [1.807, 2.05) is 24.3 Å². The number of hydrogen-bond donors (Lipinski definition) is 2. The van der Waals surface area contributed by atoms with Gasteiger partial charge in [0.05, 0.1) is 7.11 Å². The minimum atomic E-state index is -0.352. The number of carbonyl (C=O) groups is 2. The fourth-order valence-electron chi connectivity index (χ4n) is 2.98. The summed E-state index contributed by atoms with van der Waals surface area (Å²) >= 11 is 0. The van der Waals surface area contributed by atoms with Gasteiger partial charge in [0.15, 0.2) is 0 Å². The number of rotatable bonds is 8. The van der Waals surface area contributed by atoms with Crippen molar-refractivity contribution in [2.24, 2.45) is 0 Å². The van der Waals surface area contributed by atoms with Crippen molar-refractivity contribution in [1.82, 2.24) is 10.6 Å². The SMILES string of the molecule is C=CCNC(=O)CCC1(Cc2cccc(OC)c2)CCC(=O)N1. The van der Waals surface area contributed by atoms with Crippen LogP contribution in [0.15, 0.2) is 36.9 Å². The van der Waals surface area contributed by atoms with E-state index < -0.39 is 0 Å². The molecule has 5 nitrogen and oxygen atoms in total. The minimum Gasteiger partial charge on any atom is -0.497 e. The average molecular weight is 316 g/mol.